The van der Waals surface area contributed by atoms with E-state index in [0.717, 1.165) is 16.9 Å². The summed E-state index contributed by atoms with van der Waals surface area (Å²) < 4.78 is 13.5. The molecule has 0 fully saturated rings. The molecule has 0 saturated heterocycles. The van der Waals surface area contributed by atoms with Crippen LogP contribution in [0.5, 0.6) is 11.5 Å². The molecule has 2 heterocycles. The smallest absolute Gasteiger partial charge is 0.338 e. The predicted octanol–water partition coefficient (Wildman–Crippen LogP) is 5.71. The number of hydrogen-bond donors (Lipinski definition) is 0. The highest BCUT2D eigenvalue weighted by atomic mass is 32.1. The average molecular weight is 539 g/mol. The maximum absolute atomic E-state index is 13.9. The fourth-order valence-corrected chi connectivity index (χ4v) is 5.66. The van der Waals surface area contributed by atoms with Gasteiger partial charge in [-0.3, -0.25) is 9.36 Å². The van der Waals surface area contributed by atoms with Crippen molar-refractivity contribution in [3.05, 3.63) is 127 Å². The Balaban J connectivity index is 1.61. The van der Waals surface area contributed by atoms with Gasteiger partial charge in [-0.2, -0.15) is 0 Å². The van der Waals surface area contributed by atoms with Gasteiger partial charge in [0.05, 0.1) is 28.5 Å². The Kier molecular flexibility index (Phi) is 7.61. The van der Waals surface area contributed by atoms with Gasteiger partial charge >= 0.3 is 5.97 Å². The van der Waals surface area contributed by atoms with Crippen molar-refractivity contribution in [3.63, 3.8) is 0 Å². The molecule has 0 spiro atoms. The number of thiazole rings is 1. The van der Waals surface area contributed by atoms with Crippen LogP contribution in [0.2, 0.25) is 0 Å². The van der Waals surface area contributed by atoms with Gasteiger partial charge in [0.15, 0.2) is 4.80 Å². The molecule has 0 bridgehead atoms. The zero-order valence-electron chi connectivity index (χ0n) is 22.4. The van der Waals surface area contributed by atoms with Crippen molar-refractivity contribution in [2.24, 2.45) is 4.99 Å². The number of ether oxygens (including phenoxy) is 2. The van der Waals surface area contributed by atoms with Crippen LogP contribution < -0.4 is 19.6 Å². The molecule has 0 amide bonds. The lowest BCUT2D eigenvalue weighted by molar-refractivity contribution is -0.139. The lowest BCUT2D eigenvalue weighted by Gasteiger charge is -2.25. The first-order chi connectivity index (χ1) is 18.9. The van der Waals surface area contributed by atoms with Crippen molar-refractivity contribution >= 4 is 23.4 Å². The molecule has 0 aliphatic carbocycles. The van der Waals surface area contributed by atoms with Crippen molar-refractivity contribution < 1.29 is 14.3 Å². The van der Waals surface area contributed by atoms with Gasteiger partial charge in [-0.05, 0) is 66.8 Å². The monoisotopic (exact) mass is 538 g/mol. The molecule has 7 heteroatoms. The lowest BCUT2D eigenvalue weighted by Crippen LogP contribution is -2.39. The Hall–Kier alpha value is -4.23. The summed E-state index contributed by atoms with van der Waals surface area (Å²) in [5.41, 5.74) is 3.57. The van der Waals surface area contributed by atoms with E-state index in [1.807, 2.05) is 84.9 Å². The third-order valence-corrected chi connectivity index (χ3v) is 7.55. The van der Waals surface area contributed by atoms with Crippen LogP contribution in [0.25, 0.3) is 6.08 Å². The number of carbonyl (C=O) groups is 1. The Morgan fingerprint density at radius 3 is 2.44 bits per heavy atom. The summed E-state index contributed by atoms with van der Waals surface area (Å²) in [5.74, 6) is 1.31. The molecular formula is C32H30N2O4S. The minimum atomic E-state index is -0.628. The van der Waals surface area contributed by atoms with Crippen molar-refractivity contribution in [2.45, 2.75) is 39.7 Å². The van der Waals surface area contributed by atoms with E-state index in [4.69, 9.17) is 9.47 Å². The van der Waals surface area contributed by atoms with E-state index in [9.17, 15) is 9.59 Å². The van der Waals surface area contributed by atoms with Crippen LogP contribution >= 0.6 is 11.3 Å². The number of para-hydroxylation sites is 1. The van der Waals surface area contributed by atoms with E-state index in [-0.39, 0.29) is 12.2 Å². The number of fused-ring (bicyclic) bond motifs is 1. The summed E-state index contributed by atoms with van der Waals surface area (Å²) in [5, 5.41) is 0. The van der Waals surface area contributed by atoms with E-state index >= 15 is 0 Å². The van der Waals surface area contributed by atoms with Gasteiger partial charge in [-0.15, -0.1) is 0 Å². The molecule has 1 aliphatic rings. The summed E-state index contributed by atoms with van der Waals surface area (Å²) in [6.45, 7) is 8.06. The zero-order valence-corrected chi connectivity index (χ0v) is 23.2. The number of hydrogen-bond acceptors (Lipinski definition) is 6. The average Bonchev–Trinajstić information content (AvgIpc) is 3.22. The Morgan fingerprint density at radius 2 is 1.74 bits per heavy atom. The molecule has 6 nitrogen and oxygen atoms in total. The van der Waals surface area contributed by atoms with Gasteiger partial charge in [0.2, 0.25) is 0 Å². The molecule has 3 aromatic carbocycles. The number of carbonyl (C=O) groups excluding carboxylic acids is 1. The molecule has 1 unspecified atom stereocenters. The summed E-state index contributed by atoms with van der Waals surface area (Å²) in [6, 6.07) is 24.6. The molecule has 39 heavy (non-hydrogen) atoms. The van der Waals surface area contributed by atoms with Crippen LogP contribution in [0.3, 0.4) is 0 Å². The molecule has 0 saturated carbocycles. The first kappa shape index (κ1) is 26.4. The molecule has 1 aromatic heterocycles. The summed E-state index contributed by atoms with van der Waals surface area (Å²) in [6.07, 6.45) is 1.84. The molecule has 0 N–H and O–H groups in total. The van der Waals surface area contributed by atoms with Crippen LogP contribution in [0.15, 0.2) is 99.9 Å². The SMILES string of the molecule is CCOC(=O)C1=C(C)N=c2s/c(=C\c3cccc(Oc4ccccc4)c3)c(=O)n2C1c1ccc(C(C)C)cc1. The highest BCUT2D eigenvalue weighted by molar-refractivity contribution is 7.07. The van der Waals surface area contributed by atoms with Crippen molar-refractivity contribution in [2.75, 3.05) is 6.61 Å². The standard InChI is InChI=1S/C32H30N2O4S/c1-5-37-31(36)28-21(4)33-32-34(29(28)24-16-14-23(15-17-24)20(2)3)30(35)27(39-32)19-22-10-9-13-26(18-22)38-25-11-7-6-8-12-25/h6-20,29H,5H2,1-4H3/b27-19-. The molecule has 1 atom stereocenters. The van der Waals surface area contributed by atoms with E-state index in [1.165, 1.54) is 16.9 Å². The summed E-state index contributed by atoms with van der Waals surface area (Å²) in [4.78, 5) is 32.2. The van der Waals surface area contributed by atoms with Gasteiger partial charge in [0.25, 0.3) is 5.56 Å². The second-order valence-corrected chi connectivity index (χ2v) is 10.6. The number of aromatic nitrogens is 1. The summed E-state index contributed by atoms with van der Waals surface area (Å²) >= 11 is 1.31. The Labute approximate surface area is 231 Å². The van der Waals surface area contributed by atoms with Crippen LogP contribution in [0.4, 0.5) is 0 Å². The second kappa shape index (κ2) is 11.3. The van der Waals surface area contributed by atoms with Gasteiger partial charge in [0, 0.05) is 0 Å². The zero-order chi connectivity index (χ0) is 27.5. The molecule has 4 aromatic rings. The minimum absolute atomic E-state index is 0.208. The normalized spacial score (nSPS) is 15.2. The highest BCUT2D eigenvalue weighted by Gasteiger charge is 2.33. The molecular weight excluding hydrogens is 508 g/mol. The van der Waals surface area contributed by atoms with Crippen molar-refractivity contribution in [3.8, 4) is 11.5 Å². The van der Waals surface area contributed by atoms with Gasteiger partial charge < -0.3 is 9.47 Å². The number of nitrogens with zero attached hydrogens (tertiary/aromatic N) is 2. The van der Waals surface area contributed by atoms with Crippen LogP contribution in [0, 0.1) is 0 Å². The van der Waals surface area contributed by atoms with Crippen LogP contribution in [-0.2, 0) is 9.53 Å². The van der Waals surface area contributed by atoms with Gasteiger partial charge in [0.1, 0.15) is 11.5 Å². The minimum Gasteiger partial charge on any atom is -0.463 e. The Morgan fingerprint density at radius 1 is 1.03 bits per heavy atom. The molecule has 5 rings (SSSR count). The molecule has 1 aliphatic heterocycles. The topological polar surface area (TPSA) is 69.9 Å². The number of rotatable bonds is 7. The van der Waals surface area contributed by atoms with Gasteiger partial charge in [-0.1, -0.05) is 79.8 Å². The van der Waals surface area contributed by atoms with Crippen molar-refractivity contribution in [1.82, 2.24) is 4.57 Å². The van der Waals surface area contributed by atoms with Crippen molar-refractivity contribution in [1.29, 1.82) is 0 Å². The number of benzene rings is 3. The fraction of sp³-hybridized carbons (Fsp3) is 0.219. The van der Waals surface area contributed by atoms with E-state index in [1.54, 1.807) is 18.4 Å². The quantitative estimate of drug-likeness (QED) is 0.283. The second-order valence-electron chi connectivity index (χ2n) is 9.61. The van der Waals surface area contributed by atoms with E-state index < -0.39 is 12.0 Å². The Bertz CT molecular complexity index is 1710. The largest absolute Gasteiger partial charge is 0.463 e. The molecule has 198 valence electrons. The fourth-order valence-electron chi connectivity index (χ4n) is 4.61. The molecule has 0 radical (unpaired) electrons. The first-order valence-electron chi connectivity index (χ1n) is 13.0. The van der Waals surface area contributed by atoms with E-state index in [0.29, 0.717) is 32.3 Å². The van der Waals surface area contributed by atoms with Gasteiger partial charge in [-0.25, -0.2) is 9.79 Å². The maximum Gasteiger partial charge on any atom is 0.338 e. The van der Waals surface area contributed by atoms with Crippen LogP contribution in [0.1, 0.15) is 56.3 Å². The number of esters is 1. The number of allylic oxidation sites excluding steroid dienone is 1. The summed E-state index contributed by atoms with van der Waals surface area (Å²) in [7, 11) is 0. The maximum atomic E-state index is 13.9. The third-order valence-electron chi connectivity index (χ3n) is 6.57. The van der Waals surface area contributed by atoms with E-state index in [2.05, 4.69) is 18.8 Å². The predicted molar refractivity (Wildman–Crippen MR) is 154 cm³/mol. The third kappa shape index (κ3) is 5.49. The van der Waals surface area contributed by atoms with Crippen LogP contribution in [-0.4, -0.2) is 17.1 Å². The lowest BCUT2D eigenvalue weighted by atomic mass is 9.93. The first-order valence-corrected chi connectivity index (χ1v) is 13.8. The highest BCUT2D eigenvalue weighted by Crippen LogP contribution is 2.31.